The third kappa shape index (κ3) is 2.64. The number of para-hydroxylation sites is 1. The van der Waals surface area contributed by atoms with E-state index in [1.54, 1.807) is 11.3 Å². The molecule has 0 aliphatic carbocycles. The molecule has 0 fully saturated rings. The first kappa shape index (κ1) is 12.1. The van der Waals surface area contributed by atoms with Gasteiger partial charge in [0, 0.05) is 20.5 Å². The molecule has 1 aromatic heterocycles. The first-order chi connectivity index (χ1) is 7.68. The second-order valence-electron chi connectivity index (χ2n) is 3.33. The topological polar surface area (TPSA) is 24.9 Å². The van der Waals surface area contributed by atoms with Crippen LogP contribution in [0.3, 0.4) is 0 Å². The smallest absolute Gasteiger partial charge is 0.115 e. The van der Waals surface area contributed by atoms with Crippen molar-refractivity contribution in [1.82, 2.24) is 4.98 Å². The van der Waals surface area contributed by atoms with Crippen LogP contribution in [0, 0.1) is 0 Å². The Morgan fingerprint density at radius 3 is 2.56 bits per heavy atom. The van der Waals surface area contributed by atoms with Crippen LogP contribution in [0.15, 0.2) is 38.7 Å². The summed E-state index contributed by atoms with van der Waals surface area (Å²) in [7, 11) is 0. The SMILES string of the molecule is CC(Nc1c(Br)cccc1Br)c1nccs1. The number of rotatable bonds is 3. The van der Waals surface area contributed by atoms with Gasteiger partial charge in [-0.2, -0.15) is 0 Å². The summed E-state index contributed by atoms with van der Waals surface area (Å²) in [5, 5.41) is 6.51. The molecule has 0 amide bonds. The van der Waals surface area contributed by atoms with Gasteiger partial charge in [-0.1, -0.05) is 6.07 Å². The molecule has 1 atom stereocenters. The number of hydrogen-bond donors (Lipinski definition) is 1. The van der Waals surface area contributed by atoms with Crippen LogP contribution >= 0.6 is 43.2 Å². The molecule has 0 saturated carbocycles. The minimum atomic E-state index is 0.204. The van der Waals surface area contributed by atoms with Crippen molar-refractivity contribution < 1.29 is 0 Å². The highest BCUT2D eigenvalue weighted by Crippen LogP contribution is 2.33. The number of aromatic nitrogens is 1. The Morgan fingerprint density at radius 1 is 1.31 bits per heavy atom. The zero-order valence-electron chi connectivity index (χ0n) is 8.58. The summed E-state index contributed by atoms with van der Waals surface area (Å²) in [5.41, 5.74) is 1.06. The van der Waals surface area contributed by atoms with Gasteiger partial charge >= 0.3 is 0 Å². The van der Waals surface area contributed by atoms with Crippen molar-refractivity contribution in [3.05, 3.63) is 43.7 Å². The summed E-state index contributed by atoms with van der Waals surface area (Å²) < 4.78 is 2.09. The lowest BCUT2D eigenvalue weighted by atomic mass is 10.3. The summed E-state index contributed by atoms with van der Waals surface area (Å²) >= 11 is 8.72. The van der Waals surface area contributed by atoms with Gasteiger partial charge in [-0.05, 0) is 50.9 Å². The van der Waals surface area contributed by atoms with E-state index in [1.165, 1.54) is 0 Å². The van der Waals surface area contributed by atoms with Gasteiger partial charge in [-0.15, -0.1) is 11.3 Å². The highest BCUT2D eigenvalue weighted by atomic mass is 79.9. The number of thiazole rings is 1. The van der Waals surface area contributed by atoms with E-state index in [2.05, 4.69) is 49.1 Å². The Hall–Kier alpha value is -0.390. The first-order valence-electron chi connectivity index (χ1n) is 4.78. The van der Waals surface area contributed by atoms with Crippen LogP contribution in [0.4, 0.5) is 5.69 Å². The normalized spacial score (nSPS) is 12.4. The second-order valence-corrected chi connectivity index (χ2v) is 5.97. The van der Waals surface area contributed by atoms with E-state index in [-0.39, 0.29) is 6.04 Å². The van der Waals surface area contributed by atoms with Crippen LogP contribution in [0.5, 0.6) is 0 Å². The van der Waals surface area contributed by atoms with Crippen LogP contribution < -0.4 is 5.32 Å². The molecule has 1 aromatic carbocycles. The standard InChI is InChI=1S/C11H10Br2N2S/c1-7(11-14-5-6-16-11)15-10-8(12)3-2-4-9(10)13/h2-7,15H,1H3. The molecular formula is C11H10Br2N2S. The summed E-state index contributed by atoms with van der Waals surface area (Å²) in [5.74, 6) is 0. The maximum Gasteiger partial charge on any atom is 0.115 e. The Balaban J connectivity index is 2.21. The number of anilines is 1. The van der Waals surface area contributed by atoms with Crippen LogP contribution in [0.1, 0.15) is 18.0 Å². The van der Waals surface area contributed by atoms with Gasteiger partial charge in [-0.25, -0.2) is 4.98 Å². The molecule has 16 heavy (non-hydrogen) atoms. The molecule has 5 heteroatoms. The van der Waals surface area contributed by atoms with Gasteiger partial charge in [0.2, 0.25) is 0 Å². The molecule has 1 unspecified atom stereocenters. The highest BCUT2D eigenvalue weighted by molar-refractivity contribution is 9.11. The van der Waals surface area contributed by atoms with E-state index >= 15 is 0 Å². The average molecular weight is 362 g/mol. The summed E-state index contributed by atoms with van der Waals surface area (Å²) in [6.07, 6.45) is 1.83. The van der Waals surface area contributed by atoms with E-state index in [1.807, 2.05) is 29.8 Å². The molecule has 0 spiro atoms. The van der Waals surface area contributed by atoms with Crippen LogP contribution in [-0.2, 0) is 0 Å². The molecule has 0 aliphatic heterocycles. The number of nitrogens with one attached hydrogen (secondary N) is 1. The Bertz CT molecular complexity index is 451. The van der Waals surface area contributed by atoms with Crippen molar-refractivity contribution in [3.63, 3.8) is 0 Å². The second kappa shape index (κ2) is 5.29. The minimum Gasteiger partial charge on any atom is -0.374 e. The number of halogens is 2. The van der Waals surface area contributed by atoms with Crippen LogP contribution in [-0.4, -0.2) is 4.98 Å². The molecular weight excluding hydrogens is 352 g/mol. The Morgan fingerprint density at radius 2 is 2.00 bits per heavy atom. The van der Waals surface area contributed by atoms with Crippen LogP contribution in [0.25, 0.3) is 0 Å². The van der Waals surface area contributed by atoms with E-state index in [0.29, 0.717) is 0 Å². The van der Waals surface area contributed by atoms with E-state index < -0.39 is 0 Å². The molecule has 2 rings (SSSR count). The molecule has 1 N–H and O–H groups in total. The fourth-order valence-corrected chi connectivity index (χ4v) is 3.24. The van der Waals surface area contributed by atoms with Gasteiger partial charge in [0.15, 0.2) is 0 Å². The first-order valence-corrected chi connectivity index (χ1v) is 7.25. The van der Waals surface area contributed by atoms with Crippen molar-refractivity contribution in [2.75, 3.05) is 5.32 Å². The van der Waals surface area contributed by atoms with Crippen molar-refractivity contribution in [1.29, 1.82) is 0 Å². The zero-order chi connectivity index (χ0) is 11.5. The third-order valence-electron chi connectivity index (χ3n) is 2.15. The van der Waals surface area contributed by atoms with Gasteiger partial charge in [-0.3, -0.25) is 0 Å². The molecule has 2 aromatic rings. The van der Waals surface area contributed by atoms with Crippen LogP contribution in [0.2, 0.25) is 0 Å². The fourth-order valence-electron chi connectivity index (χ4n) is 1.36. The predicted molar refractivity (Wildman–Crippen MR) is 76.0 cm³/mol. The molecule has 1 heterocycles. The predicted octanol–water partition coefficient (Wildman–Crippen LogP) is 4.84. The zero-order valence-corrected chi connectivity index (χ0v) is 12.6. The van der Waals surface area contributed by atoms with E-state index in [9.17, 15) is 0 Å². The average Bonchev–Trinajstić information content (AvgIpc) is 2.76. The molecule has 84 valence electrons. The summed E-state index contributed by atoms with van der Waals surface area (Å²) in [6.45, 7) is 2.10. The lowest BCUT2D eigenvalue weighted by Gasteiger charge is -2.15. The summed E-state index contributed by atoms with van der Waals surface area (Å²) in [4.78, 5) is 4.30. The van der Waals surface area contributed by atoms with Gasteiger partial charge < -0.3 is 5.32 Å². The van der Waals surface area contributed by atoms with Gasteiger partial charge in [0.05, 0.1) is 11.7 Å². The third-order valence-corrected chi connectivity index (χ3v) is 4.43. The lowest BCUT2D eigenvalue weighted by molar-refractivity contribution is 0.867. The quantitative estimate of drug-likeness (QED) is 0.845. The molecule has 0 radical (unpaired) electrons. The monoisotopic (exact) mass is 360 g/mol. The van der Waals surface area contributed by atoms with Crippen molar-refractivity contribution in [2.45, 2.75) is 13.0 Å². The summed E-state index contributed by atoms with van der Waals surface area (Å²) in [6, 6.07) is 6.23. The Labute approximate surface area is 115 Å². The molecule has 0 aliphatic rings. The molecule has 0 saturated heterocycles. The molecule has 2 nitrogen and oxygen atoms in total. The maximum absolute atomic E-state index is 4.30. The van der Waals surface area contributed by atoms with Crippen molar-refractivity contribution in [2.24, 2.45) is 0 Å². The Kier molecular flexibility index (Phi) is 4.00. The molecule has 0 bridgehead atoms. The van der Waals surface area contributed by atoms with E-state index in [0.717, 1.165) is 19.6 Å². The fraction of sp³-hybridized carbons (Fsp3) is 0.182. The highest BCUT2D eigenvalue weighted by Gasteiger charge is 2.11. The number of benzene rings is 1. The van der Waals surface area contributed by atoms with Gasteiger partial charge in [0.25, 0.3) is 0 Å². The van der Waals surface area contributed by atoms with Crippen molar-refractivity contribution >= 4 is 48.9 Å². The lowest BCUT2D eigenvalue weighted by Crippen LogP contribution is -2.07. The van der Waals surface area contributed by atoms with Crippen molar-refractivity contribution in [3.8, 4) is 0 Å². The minimum absolute atomic E-state index is 0.204. The van der Waals surface area contributed by atoms with E-state index in [4.69, 9.17) is 0 Å². The maximum atomic E-state index is 4.30. The number of nitrogens with zero attached hydrogens (tertiary/aromatic N) is 1. The number of hydrogen-bond acceptors (Lipinski definition) is 3. The van der Waals surface area contributed by atoms with Gasteiger partial charge in [0.1, 0.15) is 5.01 Å². The largest absolute Gasteiger partial charge is 0.374 e.